The fourth-order valence-electron chi connectivity index (χ4n) is 3.38. The van der Waals surface area contributed by atoms with Crippen LogP contribution in [0.4, 0.5) is 0 Å². The van der Waals surface area contributed by atoms with Crippen LogP contribution in [0.1, 0.15) is 12.5 Å². The molecule has 0 saturated heterocycles. The molecule has 4 aromatic rings. The van der Waals surface area contributed by atoms with Gasteiger partial charge in [-0.25, -0.2) is 13.1 Å². The number of halogens is 1. The van der Waals surface area contributed by atoms with E-state index in [9.17, 15) is 13.7 Å². The molecule has 3 aromatic carbocycles. The summed E-state index contributed by atoms with van der Waals surface area (Å²) >= 11 is 5.89. The van der Waals surface area contributed by atoms with Gasteiger partial charge in [0.05, 0.1) is 17.2 Å². The lowest BCUT2D eigenvalue weighted by molar-refractivity contribution is 0.340. The molecular weight excluding hydrogens is 470 g/mol. The van der Waals surface area contributed by atoms with Crippen LogP contribution in [-0.2, 0) is 9.84 Å². The lowest BCUT2D eigenvalue weighted by Crippen LogP contribution is -2.03. The fourth-order valence-corrected chi connectivity index (χ4v) is 4.66. The van der Waals surface area contributed by atoms with E-state index in [-0.39, 0.29) is 4.90 Å². The average Bonchev–Trinajstić information content (AvgIpc) is 3.28. The minimum absolute atomic E-state index is 0.0138. The summed E-state index contributed by atoms with van der Waals surface area (Å²) in [5.74, 6) is 0.665. The molecule has 0 N–H and O–H groups in total. The van der Waals surface area contributed by atoms with Gasteiger partial charge in [-0.2, -0.15) is 10.4 Å². The van der Waals surface area contributed by atoms with Gasteiger partial charge in [0, 0.05) is 22.3 Å². The third-order valence-corrected chi connectivity index (χ3v) is 6.92. The number of hydrogen-bond acceptors (Lipinski definition) is 5. The Labute approximate surface area is 203 Å². The van der Waals surface area contributed by atoms with Crippen LogP contribution >= 0.6 is 11.6 Å². The average molecular weight is 490 g/mol. The molecule has 0 saturated carbocycles. The number of nitriles is 1. The summed E-state index contributed by atoms with van der Waals surface area (Å²) in [7, 11) is -4.06. The summed E-state index contributed by atoms with van der Waals surface area (Å²) in [5, 5.41) is 14.9. The normalized spacial score (nSPS) is 11.7. The van der Waals surface area contributed by atoms with Gasteiger partial charge in [-0.05, 0) is 61.5 Å². The second-order valence-electron chi connectivity index (χ2n) is 7.25. The Kier molecular flexibility index (Phi) is 6.82. The molecule has 0 unspecified atom stereocenters. The summed E-state index contributed by atoms with van der Waals surface area (Å²) in [4.78, 5) is -0.412. The Morgan fingerprint density at radius 2 is 1.82 bits per heavy atom. The smallest absolute Gasteiger partial charge is 0.216 e. The van der Waals surface area contributed by atoms with Crippen LogP contribution < -0.4 is 4.74 Å². The SMILES string of the molecule is CCOc1cccc(-c2nn(-c3ccccc3)cc2C=C(C#N)S(=O)(=O)c2ccc(Cl)cc2)c1. The summed E-state index contributed by atoms with van der Waals surface area (Å²) in [6.07, 6.45) is 3.05. The third-order valence-electron chi connectivity index (χ3n) is 4.99. The zero-order chi connectivity index (χ0) is 24.1. The van der Waals surface area contributed by atoms with Crippen molar-refractivity contribution in [2.24, 2.45) is 0 Å². The molecule has 0 aliphatic carbocycles. The van der Waals surface area contributed by atoms with Crippen molar-refractivity contribution in [3.05, 3.63) is 101 Å². The number of benzene rings is 3. The largest absolute Gasteiger partial charge is 0.494 e. The fraction of sp³-hybridized carbons (Fsp3) is 0.0769. The molecular formula is C26H20ClN3O3S. The maximum atomic E-state index is 13.2. The lowest BCUT2D eigenvalue weighted by Gasteiger charge is -2.06. The van der Waals surface area contributed by atoms with Crippen LogP contribution in [0.5, 0.6) is 5.75 Å². The molecule has 0 aliphatic rings. The molecule has 4 rings (SSSR count). The van der Waals surface area contributed by atoms with Crippen LogP contribution in [0.25, 0.3) is 23.0 Å². The van der Waals surface area contributed by atoms with Crippen molar-refractivity contribution in [2.75, 3.05) is 6.61 Å². The minimum Gasteiger partial charge on any atom is -0.494 e. The molecule has 0 radical (unpaired) electrons. The molecule has 8 heteroatoms. The van der Waals surface area contributed by atoms with E-state index in [0.717, 1.165) is 11.3 Å². The van der Waals surface area contributed by atoms with Gasteiger partial charge in [0.25, 0.3) is 0 Å². The molecule has 1 heterocycles. The van der Waals surface area contributed by atoms with Gasteiger partial charge in [-0.1, -0.05) is 41.9 Å². The van der Waals surface area contributed by atoms with E-state index >= 15 is 0 Å². The highest BCUT2D eigenvalue weighted by Gasteiger charge is 2.22. The van der Waals surface area contributed by atoms with Crippen LogP contribution in [0.15, 0.2) is 94.9 Å². The van der Waals surface area contributed by atoms with Crippen molar-refractivity contribution in [2.45, 2.75) is 11.8 Å². The first kappa shape index (κ1) is 23.3. The predicted octanol–water partition coefficient (Wildman–Crippen LogP) is 5.93. The van der Waals surface area contributed by atoms with E-state index in [4.69, 9.17) is 21.4 Å². The first-order valence-corrected chi connectivity index (χ1v) is 12.3. The Hall–Kier alpha value is -3.86. The first-order valence-electron chi connectivity index (χ1n) is 10.4. The number of ether oxygens (including phenoxy) is 1. The zero-order valence-electron chi connectivity index (χ0n) is 18.2. The van der Waals surface area contributed by atoms with E-state index in [1.54, 1.807) is 10.9 Å². The van der Waals surface area contributed by atoms with Crippen LogP contribution in [0.2, 0.25) is 5.02 Å². The second kappa shape index (κ2) is 9.96. The number of hydrogen-bond donors (Lipinski definition) is 0. The maximum Gasteiger partial charge on any atom is 0.216 e. The van der Waals surface area contributed by atoms with Gasteiger partial charge in [-0.15, -0.1) is 0 Å². The van der Waals surface area contributed by atoms with Crippen molar-refractivity contribution in [1.82, 2.24) is 9.78 Å². The number of para-hydroxylation sites is 1. The second-order valence-corrected chi connectivity index (χ2v) is 9.61. The van der Waals surface area contributed by atoms with E-state index in [0.29, 0.717) is 28.6 Å². The summed E-state index contributed by atoms with van der Waals surface area (Å²) in [5.41, 5.74) is 2.52. The number of allylic oxidation sites excluding steroid dienone is 1. The molecule has 0 aliphatic heterocycles. The molecule has 0 atom stereocenters. The maximum absolute atomic E-state index is 13.2. The predicted molar refractivity (Wildman–Crippen MR) is 132 cm³/mol. The molecule has 0 fully saturated rings. The molecule has 0 bridgehead atoms. The van der Waals surface area contributed by atoms with Crippen LogP contribution in [0.3, 0.4) is 0 Å². The molecule has 0 amide bonds. The Balaban J connectivity index is 1.88. The van der Waals surface area contributed by atoms with Crippen molar-refractivity contribution < 1.29 is 13.2 Å². The molecule has 1 aromatic heterocycles. The van der Waals surface area contributed by atoms with Gasteiger partial charge in [0.1, 0.15) is 22.4 Å². The van der Waals surface area contributed by atoms with Crippen molar-refractivity contribution in [1.29, 1.82) is 5.26 Å². The van der Waals surface area contributed by atoms with Crippen molar-refractivity contribution in [3.63, 3.8) is 0 Å². The number of nitrogens with zero attached hydrogens (tertiary/aromatic N) is 3. The van der Waals surface area contributed by atoms with Crippen LogP contribution in [0, 0.1) is 11.3 Å². The quantitative estimate of drug-likeness (QED) is 0.300. The number of sulfone groups is 1. The molecule has 170 valence electrons. The van der Waals surface area contributed by atoms with E-state index in [1.807, 2.05) is 67.6 Å². The highest BCUT2D eigenvalue weighted by Crippen LogP contribution is 2.30. The molecule has 34 heavy (non-hydrogen) atoms. The summed E-state index contributed by atoms with van der Waals surface area (Å²) < 4.78 is 33.6. The Morgan fingerprint density at radius 1 is 1.09 bits per heavy atom. The summed E-state index contributed by atoms with van der Waals surface area (Å²) in [6.45, 7) is 2.40. The number of aromatic nitrogens is 2. The van der Waals surface area contributed by atoms with E-state index in [2.05, 4.69) is 0 Å². The third kappa shape index (κ3) is 4.88. The van der Waals surface area contributed by atoms with E-state index in [1.165, 1.54) is 30.3 Å². The summed E-state index contributed by atoms with van der Waals surface area (Å²) in [6, 6.07) is 24.3. The van der Waals surface area contributed by atoms with Gasteiger partial charge in [0.2, 0.25) is 9.84 Å². The standard InChI is InChI=1S/C26H20ClN3O3S/c1-2-33-23-10-6-7-19(15-23)26-20(18-30(29-26)22-8-4-3-5-9-22)16-25(17-28)34(31,32)24-13-11-21(27)12-14-24/h3-16,18H,2H2,1H3. The van der Waals surface area contributed by atoms with Crippen molar-refractivity contribution >= 4 is 27.5 Å². The first-order chi connectivity index (χ1) is 16.4. The zero-order valence-corrected chi connectivity index (χ0v) is 19.8. The highest BCUT2D eigenvalue weighted by molar-refractivity contribution is 7.95. The van der Waals surface area contributed by atoms with Crippen molar-refractivity contribution in [3.8, 4) is 28.8 Å². The number of rotatable bonds is 7. The van der Waals surface area contributed by atoms with Crippen LogP contribution in [-0.4, -0.2) is 24.8 Å². The van der Waals surface area contributed by atoms with Gasteiger partial charge in [0.15, 0.2) is 0 Å². The Morgan fingerprint density at radius 3 is 2.50 bits per heavy atom. The molecule has 0 spiro atoms. The monoisotopic (exact) mass is 489 g/mol. The van der Waals surface area contributed by atoms with E-state index < -0.39 is 14.7 Å². The van der Waals surface area contributed by atoms with Gasteiger partial charge in [-0.3, -0.25) is 0 Å². The van der Waals surface area contributed by atoms with Gasteiger partial charge < -0.3 is 4.74 Å². The lowest BCUT2D eigenvalue weighted by atomic mass is 10.1. The Bertz CT molecular complexity index is 1490. The topological polar surface area (TPSA) is 85.0 Å². The minimum atomic E-state index is -4.06. The molecule has 6 nitrogen and oxygen atoms in total. The highest BCUT2D eigenvalue weighted by atomic mass is 35.5. The van der Waals surface area contributed by atoms with Gasteiger partial charge >= 0.3 is 0 Å².